The van der Waals surface area contributed by atoms with Crippen LogP contribution in [0, 0.1) is 5.92 Å². The van der Waals surface area contributed by atoms with Gasteiger partial charge in [-0.25, -0.2) is 0 Å². The van der Waals surface area contributed by atoms with Gasteiger partial charge in [0, 0.05) is 24.7 Å². The maximum Gasteiger partial charge on any atom is 0.191 e. The van der Waals surface area contributed by atoms with Crippen molar-refractivity contribution < 1.29 is 9.84 Å². The molecule has 7 heteroatoms. The molecular weight excluding hydrogens is 453 g/mol. The summed E-state index contributed by atoms with van der Waals surface area (Å²) in [6.07, 6.45) is 0.215. The zero-order valence-corrected chi connectivity index (χ0v) is 18.4. The van der Waals surface area contributed by atoms with Gasteiger partial charge in [-0.3, -0.25) is 4.99 Å². The molecular formula is C18H31ClIN3O2. The quantitative estimate of drug-likeness (QED) is 0.272. The van der Waals surface area contributed by atoms with Crippen LogP contribution in [-0.4, -0.2) is 50.0 Å². The summed E-state index contributed by atoms with van der Waals surface area (Å²) in [5.74, 6) is 1.15. The molecule has 0 amide bonds. The van der Waals surface area contributed by atoms with E-state index in [4.69, 9.17) is 16.3 Å². The Morgan fingerprint density at radius 1 is 1.24 bits per heavy atom. The number of ether oxygens (including phenoxy) is 1. The molecule has 0 bridgehead atoms. The van der Waals surface area contributed by atoms with Gasteiger partial charge in [0.15, 0.2) is 5.96 Å². The highest BCUT2D eigenvalue weighted by Gasteiger charge is 2.06. The number of aliphatic imine (C=N–C) groups is 1. The normalized spacial score (nSPS) is 12.6. The number of guanidine groups is 1. The number of nitrogens with zero attached hydrogens (tertiary/aromatic N) is 1. The van der Waals surface area contributed by atoms with Gasteiger partial charge in [-0.1, -0.05) is 43.6 Å². The number of benzene rings is 1. The molecule has 0 radical (unpaired) electrons. The van der Waals surface area contributed by atoms with Crippen LogP contribution in [0.15, 0.2) is 29.3 Å². The number of hydrogen-bond donors (Lipinski definition) is 3. The van der Waals surface area contributed by atoms with Gasteiger partial charge < -0.3 is 20.5 Å². The summed E-state index contributed by atoms with van der Waals surface area (Å²) in [6, 6.07) is 7.81. The molecule has 0 aliphatic heterocycles. The monoisotopic (exact) mass is 483 g/mol. The van der Waals surface area contributed by atoms with E-state index in [-0.39, 0.29) is 24.0 Å². The summed E-state index contributed by atoms with van der Waals surface area (Å²) < 4.78 is 5.43. The molecule has 0 saturated carbocycles. The van der Waals surface area contributed by atoms with Gasteiger partial charge in [-0.15, -0.1) is 24.0 Å². The Bertz CT molecular complexity index is 501. The lowest BCUT2D eigenvalue weighted by Gasteiger charge is -2.14. The topological polar surface area (TPSA) is 65.9 Å². The Hall–Kier alpha value is -0.570. The van der Waals surface area contributed by atoms with Crippen LogP contribution in [0.5, 0.6) is 0 Å². The van der Waals surface area contributed by atoms with E-state index in [2.05, 4.69) is 29.5 Å². The van der Waals surface area contributed by atoms with Gasteiger partial charge in [0.05, 0.1) is 19.3 Å². The molecule has 5 nitrogen and oxygen atoms in total. The Morgan fingerprint density at radius 2 is 1.96 bits per heavy atom. The molecule has 0 aliphatic rings. The summed E-state index contributed by atoms with van der Waals surface area (Å²) in [5, 5.41) is 17.1. The highest BCUT2D eigenvalue weighted by Crippen LogP contribution is 2.14. The molecule has 0 aromatic heterocycles. The average Bonchev–Trinajstić information content (AvgIpc) is 2.54. The number of halogens is 2. The van der Waals surface area contributed by atoms with E-state index >= 15 is 0 Å². The van der Waals surface area contributed by atoms with Crippen LogP contribution in [0.25, 0.3) is 0 Å². The first-order valence-corrected chi connectivity index (χ1v) is 8.92. The van der Waals surface area contributed by atoms with E-state index in [0.29, 0.717) is 31.6 Å². The molecule has 144 valence electrons. The predicted molar refractivity (Wildman–Crippen MR) is 116 cm³/mol. The smallest absolute Gasteiger partial charge is 0.191 e. The maximum absolute atomic E-state index is 9.91. The van der Waals surface area contributed by atoms with Crippen LogP contribution >= 0.6 is 35.6 Å². The first-order valence-electron chi connectivity index (χ1n) is 8.54. The van der Waals surface area contributed by atoms with E-state index < -0.39 is 6.10 Å². The Labute approximate surface area is 173 Å². The predicted octanol–water partition coefficient (Wildman–Crippen LogP) is 3.09. The van der Waals surface area contributed by atoms with Gasteiger partial charge >= 0.3 is 0 Å². The lowest BCUT2D eigenvalue weighted by atomic mass is 10.1. The Morgan fingerprint density at radius 3 is 2.60 bits per heavy atom. The fourth-order valence-electron chi connectivity index (χ4n) is 2.05. The molecule has 25 heavy (non-hydrogen) atoms. The minimum Gasteiger partial charge on any atom is -0.389 e. The Kier molecular flexibility index (Phi) is 14.3. The van der Waals surface area contributed by atoms with Crippen molar-refractivity contribution in [1.29, 1.82) is 0 Å². The van der Waals surface area contributed by atoms with E-state index in [1.807, 2.05) is 31.2 Å². The third kappa shape index (κ3) is 11.6. The minimum absolute atomic E-state index is 0. The lowest BCUT2D eigenvalue weighted by molar-refractivity contribution is 0.0301. The van der Waals surface area contributed by atoms with Crippen LogP contribution in [0.4, 0.5) is 0 Å². The number of aliphatic hydroxyl groups excluding tert-OH is 1. The SMILES string of the molecule is CCNC(=NCC(O)COCC(C)C)NCCc1ccccc1Cl.I. The summed E-state index contributed by atoms with van der Waals surface area (Å²) in [6.45, 7) is 8.91. The molecule has 0 saturated heterocycles. The van der Waals surface area contributed by atoms with Gasteiger partial charge in [0.1, 0.15) is 0 Å². The van der Waals surface area contributed by atoms with Crippen molar-refractivity contribution in [1.82, 2.24) is 10.6 Å². The average molecular weight is 484 g/mol. The maximum atomic E-state index is 9.91. The van der Waals surface area contributed by atoms with E-state index in [9.17, 15) is 5.11 Å². The van der Waals surface area contributed by atoms with Crippen molar-refractivity contribution in [3.8, 4) is 0 Å². The fraction of sp³-hybridized carbons (Fsp3) is 0.611. The Balaban J connectivity index is 0.00000576. The number of aliphatic hydroxyl groups is 1. The van der Waals surface area contributed by atoms with Gasteiger partial charge in [-0.2, -0.15) is 0 Å². The lowest BCUT2D eigenvalue weighted by Crippen LogP contribution is -2.39. The second-order valence-electron chi connectivity index (χ2n) is 6.07. The van der Waals surface area contributed by atoms with Crippen molar-refractivity contribution in [2.75, 3.05) is 32.8 Å². The molecule has 0 heterocycles. The fourth-order valence-corrected chi connectivity index (χ4v) is 2.28. The molecule has 0 aliphatic carbocycles. The molecule has 1 aromatic carbocycles. The van der Waals surface area contributed by atoms with Crippen molar-refractivity contribution in [3.63, 3.8) is 0 Å². The number of rotatable bonds is 10. The van der Waals surface area contributed by atoms with Crippen molar-refractivity contribution in [2.24, 2.45) is 10.9 Å². The van der Waals surface area contributed by atoms with Crippen LogP contribution in [0.2, 0.25) is 5.02 Å². The highest BCUT2D eigenvalue weighted by molar-refractivity contribution is 14.0. The van der Waals surface area contributed by atoms with Gasteiger partial charge in [0.2, 0.25) is 0 Å². The standard InChI is InChI=1S/C18H30ClN3O2.HI/c1-4-20-18(22-11-16(23)13-24-12-14(2)3)21-10-9-15-7-5-6-8-17(15)19;/h5-8,14,16,23H,4,9-13H2,1-3H3,(H2,20,21,22);1H. The zero-order chi connectivity index (χ0) is 17.8. The van der Waals surface area contributed by atoms with E-state index in [0.717, 1.165) is 30.1 Å². The highest BCUT2D eigenvalue weighted by atomic mass is 127. The van der Waals surface area contributed by atoms with Crippen LogP contribution in [0.1, 0.15) is 26.3 Å². The van der Waals surface area contributed by atoms with Crippen molar-refractivity contribution in [2.45, 2.75) is 33.3 Å². The summed E-state index contributed by atoms with van der Waals surface area (Å²) in [4.78, 5) is 4.40. The largest absolute Gasteiger partial charge is 0.389 e. The molecule has 1 atom stereocenters. The van der Waals surface area contributed by atoms with Gasteiger partial charge in [-0.05, 0) is 30.9 Å². The molecule has 1 rings (SSSR count). The molecule has 1 aromatic rings. The van der Waals surface area contributed by atoms with E-state index in [1.54, 1.807) is 0 Å². The van der Waals surface area contributed by atoms with Crippen LogP contribution in [0.3, 0.4) is 0 Å². The molecule has 0 spiro atoms. The second-order valence-corrected chi connectivity index (χ2v) is 6.48. The summed E-state index contributed by atoms with van der Waals surface area (Å²) in [7, 11) is 0. The zero-order valence-electron chi connectivity index (χ0n) is 15.3. The third-order valence-electron chi connectivity index (χ3n) is 3.21. The minimum atomic E-state index is -0.595. The molecule has 3 N–H and O–H groups in total. The molecule has 1 unspecified atom stereocenters. The first-order chi connectivity index (χ1) is 11.5. The van der Waals surface area contributed by atoms with E-state index in [1.165, 1.54) is 0 Å². The second kappa shape index (κ2) is 14.6. The number of hydrogen-bond acceptors (Lipinski definition) is 3. The van der Waals surface area contributed by atoms with Crippen LogP contribution < -0.4 is 10.6 Å². The summed E-state index contributed by atoms with van der Waals surface area (Å²) in [5.41, 5.74) is 1.10. The van der Waals surface area contributed by atoms with Gasteiger partial charge in [0.25, 0.3) is 0 Å². The van der Waals surface area contributed by atoms with Crippen molar-refractivity contribution >= 4 is 41.5 Å². The first kappa shape index (κ1) is 24.4. The summed E-state index contributed by atoms with van der Waals surface area (Å²) >= 11 is 6.15. The molecule has 0 fully saturated rings. The third-order valence-corrected chi connectivity index (χ3v) is 3.58. The van der Waals surface area contributed by atoms with Crippen LogP contribution in [-0.2, 0) is 11.2 Å². The number of nitrogens with one attached hydrogen (secondary N) is 2. The van der Waals surface area contributed by atoms with Crippen molar-refractivity contribution in [3.05, 3.63) is 34.9 Å².